The van der Waals surface area contributed by atoms with Crippen molar-refractivity contribution in [1.82, 2.24) is 15.2 Å². The van der Waals surface area contributed by atoms with Crippen LogP contribution in [0.1, 0.15) is 10.6 Å². The zero-order chi connectivity index (χ0) is 16.4. The molecule has 4 rings (SSSR count). The Labute approximate surface area is 143 Å². The Morgan fingerprint density at radius 1 is 1.08 bits per heavy atom. The average molecular weight is 336 g/mol. The van der Waals surface area contributed by atoms with Crippen LogP contribution in [0, 0.1) is 0 Å². The van der Waals surface area contributed by atoms with E-state index in [4.69, 9.17) is 4.74 Å². The minimum atomic E-state index is 0.770. The summed E-state index contributed by atoms with van der Waals surface area (Å²) in [4.78, 5) is 3.29. The van der Waals surface area contributed by atoms with E-state index in [1.165, 1.54) is 10.9 Å². The Morgan fingerprint density at radius 2 is 1.92 bits per heavy atom. The molecule has 0 saturated carbocycles. The predicted molar refractivity (Wildman–Crippen MR) is 97.3 cm³/mol. The SMILES string of the molecule is COc1ccc(Nc2nnc(Cc3c[nH]c4ccccc34)s2)cc1. The van der Waals surface area contributed by atoms with Crippen LogP contribution < -0.4 is 10.1 Å². The average Bonchev–Trinajstić information content (AvgIpc) is 3.23. The summed E-state index contributed by atoms with van der Waals surface area (Å²) >= 11 is 1.57. The molecule has 0 unspecified atom stereocenters. The lowest BCUT2D eigenvalue weighted by molar-refractivity contribution is 0.415. The number of fused-ring (bicyclic) bond motifs is 1. The zero-order valence-corrected chi connectivity index (χ0v) is 13.9. The molecular weight excluding hydrogens is 320 g/mol. The van der Waals surface area contributed by atoms with Crippen molar-refractivity contribution in [2.45, 2.75) is 6.42 Å². The Bertz CT molecular complexity index is 958. The number of aromatic nitrogens is 3. The van der Waals surface area contributed by atoms with E-state index in [0.29, 0.717) is 0 Å². The molecule has 120 valence electrons. The third-order valence-corrected chi connectivity index (χ3v) is 4.66. The molecule has 0 aliphatic heterocycles. The molecule has 6 heteroatoms. The van der Waals surface area contributed by atoms with Crippen molar-refractivity contribution >= 4 is 33.1 Å². The van der Waals surface area contributed by atoms with E-state index in [0.717, 1.165) is 33.5 Å². The maximum Gasteiger partial charge on any atom is 0.210 e. The van der Waals surface area contributed by atoms with E-state index >= 15 is 0 Å². The molecule has 0 radical (unpaired) electrons. The molecule has 2 heterocycles. The number of benzene rings is 2. The van der Waals surface area contributed by atoms with Gasteiger partial charge in [0.05, 0.1) is 7.11 Å². The quantitative estimate of drug-likeness (QED) is 0.568. The lowest BCUT2D eigenvalue weighted by Crippen LogP contribution is -1.89. The molecule has 0 aliphatic carbocycles. The van der Waals surface area contributed by atoms with Gasteiger partial charge in [-0.05, 0) is 35.9 Å². The van der Waals surface area contributed by atoms with Gasteiger partial charge < -0.3 is 15.0 Å². The van der Waals surface area contributed by atoms with Crippen LogP contribution in [0.15, 0.2) is 54.7 Å². The van der Waals surface area contributed by atoms with Gasteiger partial charge in [-0.15, -0.1) is 10.2 Å². The standard InChI is InChI=1S/C18H16N4OS/c1-23-14-8-6-13(7-9-14)20-18-22-21-17(24-18)10-12-11-19-16-5-3-2-4-15(12)16/h2-9,11,19H,10H2,1H3,(H,20,22). The number of aromatic amines is 1. The highest BCUT2D eigenvalue weighted by Gasteiger charge is 2.09. The number of para-hydroxylation sites is 1. The van der Waals surface area contributed by atoms with Crippen LogP contribution in [0.3, 0.4) is 0 Å². The van der Waals surface area contributed by atoms with Gasteiger partial charge in [0.15, 0.2) is 0 Å². The van der Waals surface area contributed by atoms with Crippen LogP contribution in [-0.4, -0.2) is 22.3 Å². The lowest BCUT2D eigenvalue weighted by Gasteiger charge is -2.03. The number of nitrogens with one attached hydrogen (secondary N) is 2. The number of hydrogen-bond acceptors (Lipinski definition) is 5. The molecule has 0 fully saturated rings. The molecule has 2 N–H and O–H groups in total. The predicted octanol–water partition coefficient (Wildman–Crippen LogP) is 4.36. The van der Waals surface area contributed by atoms with E-state index in [-0.39, 0.29) is 0 Å². The van der Waals surface area contributed by atoms with Crippen LogP contribution in [0.2, 0.25) is 0 Å². The van der Waals surface area contributed by atoms with E-state index in [2.05, 4.69) is 38.7 Å². The number of rotatable bonds is 5. The maximum atomic E-state index is 5.16. The van der Waals surface area contributed by atoms with Gasteiger partial charge in [-0.1, -0.05) is 29.5 Å². The van der Waals surface area contributed by atoms with Gasteiger partial charge in [0.25, 0.3) is 0 Å². The summed E-state index contributed by atoms with van der Waals surface area (Å²) in [6.07, 6.45) is 2.81. The first-order chi connectivity index (χ1) is 11.8. The van der Waals surface area contributed by atoms with Crippen molar-refractivity contribution in [3.8, 4) is 5.75 Å². The Balaban J connectivity index is 1.50. The van der Waals surface area contributed by atoms with Crippen LogP contribution in [-0.2, 0) is 6.42 Å². The van der Waals surface area contributed by atoms with Crippen molar-refractivity contribution < 1.29 is 4.74 Å². The van der Waals surface area contributed by atoms with E-state index in [1.54, 1.807) is 18.4 Å². The molecule has 0 aliphatic rings. The number of anilines is 2. The molecule has 0 atom stereocenters. The largest absolute Gasteiger partial charge is 0.497 e. The third kappa shape index (κ3) is 2.96. The van der Waals surface area contributed by atoms with Gasteiger partial charge in [-0.2, -0.15) is 0 Å². The summed E-state index contributed by atoms with van der Waals surface area (Å²) in [5.74, 6) is 0.831. The topological polar surface area (TPSA) is 62.8 Å². The molecule has 4 aromatic rings. The summed E-state index contributed by atoms with van der Waals surface area (Å²) in [7, 11) is 1.66. The second kappa shape index (κ2) is 6.33. The maximum absolute atomic E-state index is 5.16. The lowest BCUT2D eigenvalue weighted by atomic mass is 10.1. The fraction of sp³-hybridized carbons (Fsp3) is 0.111. The van der Waals surface area contributed by atoms with Crippen molar-refractivity contribution in [1.29, 1.82) is 0 Å². The first kappa shape index (κ1) is 14.7. The number of methoxy groups -OCH3 is 1. The molecule has 0 saturated heterocycles. The summed E-state index contributed by atoms with van der Waals surface area (Å²) < 4.78 is 5.16. The van der Waals surface area contributed by atoms with Crippen LogP contribution in [0.5, 0.6) is 5.75 Å². The zero-order valence-electron chi connectivity index (χ0n) is 13.1. The van der Waals surface area contributed by atoms with Gasteiger partial charge in [0.2, 0.25) is 5.13 Å². The summed E-state index contributed by atoms with van der Waals surface area (Å²) in [6.45, 7) is 0. The summed E-state index contributed by atoms with van der Waals surface area (Å²) in [5.41, 5.74) is 3.34. The van der Waals surface area contributed by atoms with Crippen LogP contribution >= 0.6 is 11.3 Å². The molecule has 2 aromatic heterocycles. The Kier molecular flexibility index (Phi) is 3.88. The number of H-pyrrole nitrogens is 1. The summed E-state index contributed by atoms with van der Waals surface area (Å²) in [5, 5.41) is 14.8. The number of hydrogen-bond donors (Lipinski definition) is 2. The molecule has 5 nitrogen and oxygen atoms in total. The normalized spacial score (nSPS) is 10.9. The fourth-order valence-electron chi connectivity index (χ4n) is 2.61. The molecular formula is C18H16N4OS. The van der Waals surface area contributed by atoms with E-state index in [1.807, 2.05) is 36.5 Å². The van der Waals surface area contributed by atoms with Gasteiger partial charge in [0.1, 0.15) is 10.8 Å². The molecule has 24 heavy (non-hydrogen) atoms. The van der Waals surface area contributed by atoms with Gasteiger partial charge in [-0.3, -0.25) is 0 Å². The minimum absolute atomic E-state index is 0.770. The smallest absolute Gasteiger partial charge is 0.210 e. The summed E-state index contributed by atoms with van der Waals surface area (Å²) in [6, 6.07) is 16.0. The molecule has 0 bridgehead atoms. The fourth-order valence-corrected chi connectivity index (χ4v) is 3.40. The molecule has 0 amide bonds. The first-order valence-electron chi connectivity index (χ1n) is 7.60. The second-order valence-electron chi connectivity index (χ2n) is 5.39. The Morgan fingerprint density at radius 3 is 2.75 bits per heavy atom. The third-order valence-electron chi connectivity index (χ3n) is 3.82. The highest BCUT2D eigenvalue weighted by Crippen LogP contribution is 2.26. The second-order valence-corrected chi connectivity index (χ2v) is 6.45. The Hall–Kier alpha value is -2.86. The molecule has 2 aromatic carbocycles. The van der Waals surface area contributed by atoms with Crippen LogP contribution in [0.25, 0.3) is 10.9 Å². The minimum Gasteiger partial charge on any atom is -0.497 e. The number of ether oxygens (including phenoxy) is 1. The van der Waals surface area contributed by atoms with Crippen LogP contribution in [0.4, 0.5) is 10.8 Å². The van der Waals surface area contributed by atoms with Gasteiger partial charge in [0, 0.05) is 29.2 Å². The van der Waals surface area contributed by atoms with Gasteiger partial charge in [-0.25, -0.2) is 0 Å². The van der Waals surface area contributed by atoms with Crippen molar-refractivity contribution in [3.63, 3.8) is 0 Å². The van der Waals surface area contributed by atoms with E-state index < -0.39 is 0 Å². The van der Waals surface area contributed by atoms with Crippen molar-refractivity contribution in [2.24, 2.45) is 0 Å². The highest BCUT2D eigenvalue weighted by molar-refractivity contribution is 7.15. The monoisotopic (exact) mass is 336 g/mol. The van der Waals surface area contributed by atoms with E-state index in [9.17, 15) is 0 Å². The highest BCUT2D eigenvalue weighted by atomic mass is 32.1. The number of nitrogens with zero attached hydrogens (tertiary/aromatic N) is 2. The van der Waals surface area contributed by atoms with Gasteiger partial charge >= 0.3 is 0 Å². The van der Waals surface area contributed by atoms with Crippen molar-refractivity contribution in [2.75, 3.05) is 12.4 Å². The van der Waals surface area contributed by atoms with Crippen molar-refractivity contribution in [3.05, 3.63) is 65.3 Å². The molecule has 0 spiro atoms. The first-order valence-corrected chi connectivity index (χ1v) is 8.42.